The van der Waals surface area contributed by atoms with E-state index in [0.717, 1.165) is 45.6 Å². The third kappa shape index (κ3) is 3.00. The van der Waals surface area contributed by atoms with Crippen molar-refractivity contribution in [1.82, 2.24) is 15.1 Å². The second kappa shape index (κ2) is 6.41. The normalized spacial score (nSPS) is 28.1. The summed E-state index contributed by atoms with van der Waals surface area (Å²) in [4.78, 5) is 17.2. The molecule has 1 aliphatic heterocycles. The fourth-order valence-electron chi connectivity index (χ4n) is 3.54. The Morgan fingerprint density at radius 2 is 2.10 bits per heavy atom. The van der Waals surface area contributed by atoms with Gasteiger partial charge >= 0.3 is 5.97 Å². The number of hydrogen-bond acceptors (Lipinski definition) is 5. The van der Waals surface area contributed by atoms with Crippen molar-refractivity contribution in [2.45, 2.75) is 38.3 Å². The molecule has 0 aromatic rings. The van der Waals surface area contributed by atoms with Gasteiger partial charge < -0.3 is 10.1 Å². The van der Waals surface area contributed by atoms with E-state index in [1.165, 1.54) is 7.11 Å². The third-order valence-corrected chi connectivity index (χ3v) is 5.00. The second-order valence-electron chi connectivity index (χ2n) is 6.20. The average Bonchev–Trinajstić information content (AvgIpc) is 3.29. The first kappa shape index (κ1) is 15.7. The van der Waals surface area contributed by atoms with Crippen molar-refractivity contribution in [3.05, 3.63) is 0 Å². The summed E-state index contributed by atoms with van der Waals surface area (Å²) < 4.78 is 5.08. The maximum atomic E-state index is 12.3. The van der Waals surface area contributed by atoms with Crippen LogP contribution < -0.4 is 5.32 Å². The second-order valence-corrected chi connectivity index (χ2v) is 6.20. The molecule has 20 heavy (non-hydrogen) atoms. The van der Waals surface area contributed by atoms with Crippen LogP contribution >= 0.6 is 0 Å². The number of carbonyl (C=O) groups is 1. The number of likely N-dealkylation sites (N-methyl/N-ethyl adjacent to an activating group) is 2. The molecule has 5 nitrogen and oxygen atoms in total. The van der Waals surface area contributed by atoms with E-state index < -0.39 is 5.54 Å². The van der Waals surface area contributed by atoms with E-state index in [1.807, 2.05) is 7.05 Å². The van der Waals surface area contributed by atoms with Gasteiger partial charge in [-0.3, -0.25) is 9.80 Å². The van der Waals surface area contributed by atoms with Gasteiger partial charge in [-0.05, 0) is 39.3 Å². The molecule has 2 rings (SSSR count). The van der Waals surface area contributed by atoms with Crippen molar-refractivity contribution in [2.24, 2.45) is 5.92 Å². The topological polar surface area (TPSA) is 44.8 Å². The lowest BCUT2D eigenvalue weighted by molar-refractivity contribution is -0.151. The highest BCUT2D eigenvalue weighted by molar-refractivity contribution is 5.82. The number of nitrogens with zero attached hydrogens (tertiary/aromatic N) is 2. The number of rotatable bonds is 6. The summed E-state index contributed by atoms with van der Waals surface area (Å²) in [7, 11) is 3.38. The van der Waals surface area contributed by atoms with E-state index >= 15 is 0 Å². The molecule has 0 radical (unpaired) electrons. The van der Waals surface area contributed by atoms with Crippen LogP contribution in [0, 0.1) is 5.92 Å². The molecule has 0 aromatic carbocycles. The minimum Gasteiger partial charge on any atom is -0.468 e. The lowest BCUT2D eigenvalue weighted by Crippen LogP contribution is -2.63. The highest BCUT2D eigenvalue weighted by Crippen LogP contribution is 2.41. The molecule has 1 saturated carbocycles. The smallest absolute Gasteiger partial charge is 0.327 e. The monoisotopic (exact) mass is 283 g/mol. The predicted molar refractivity (Wildman–Crippen MR) is 79.7 cm³/mol. The highest BCUT2D eigenvalue weighted by Gasteiger charge is 2.52. The van der Waals surface area contributed by atoms with Crippen LogP contribution in [-0.4, -0.2) is 74.2 Å². The summed E-state index contributed by atoms with van der Waals surface area (Å²) in [6.45, 7) is 9.50. The summed E-state index contributed by atoms with van der Waals surface area (Å²) in [5.74, 6) is 0.326. The first-order valence-corrected chi connectivity index (χ1v) is 7.81. The van der Waals surface area contributed by atoms with Crippen molar-refractivity contribution in [3.8, 4) is 0 Å². The number of methoxy groups -OCH3 is 1. The fraction of sp³-hybridized carbons (Fsp3) is 0.933. The van der Waals surface area contributed by atoms with E-state index in [0.29, 0.717) is 12.0 Å². The van der Waals surface area contributed by atoms with E-state index in [4.69, 9.17) is 4.74 Å². The quantitative estimate of drug-likeness (QED) is 0.722. The standard InChI is InChI=1S/C15H29N3O2/c1-5-18-9-8-17(10-12(18)2)11-15(16-3,13-6-7-13)14(19)20-4/h12-13,16H,5-11H2,1-4H3. The molecule has 2 atom stereocenters. The lowest BCUT2D eigenvalue weighted by Gasteiger charge is -2.43. The van der Waals surface area contributed by atoms with Gasteiger partial charge in [-0.1, -0.05) is 6.92 Å². The van der Waals surface area contributed by atoms with Crippen molar-refractivity contribution in [1.29, 1.82) is 0 Å². The van der Waals surface area contributed by atoms with Crippen LogP contribution in [-0.2, 0) is 9.53 Å². The molecule has 1 N–H and O–H groups in total. The van der Waals surface area contributed by atoms with Crippen molar-refractivity contribution >= 4 is 5.97 Å². The number of carbonyl (C=O) groups excluding carboxylic acids is 1. The Bertz CT molecular complexity index is 346. The Balaban J connectivity index is 2.03. The van der Waals surface area contributed by atoms with Gasteiger partial charge in [0.25, 0.3) is 0 Å². The van der Waals surface area contributed by atoms with Crippen LogP contribution in [0.3, 0.4) is 0 Å². The molecule has 0 spiro atoms. The molecule has 0 aromatic heterocycles. The molecule has 5 heteroatoms. The van der Waals surface area contributed by atoms with E-state index in [9.17, 15) is 4.79 Å². The van der Waals surface area contributed by atoms with Crippen molar-refractivity contribution < 1.29 is 9.53 Å². The van der Waals surface area contributed by atoms with E-state index in [2.05, 4.69) is 29.0 Å². The molecule has 2 fully saturated rings. The zero-order chi connectivity index (χ0) is 14.8. The molecule has 1 saturated heterocycles. The zero-order valence-electron chi connectivity index (χ0n) is 13.3. The van der Waals surface area contributed by atoms with Crippen LogP contribution in [0.1, 0.15) is 26.7 Å². The van der Waals surface area contributed by atoms with Crippen molar-refractivity contribution in [2.75, 3.05) is 46.9 Å². The van der Waals surface area contributed by atoms with Gasteiger partial charge in [0.2, 0.25) is 0 Å². The predicted octanol–water partition coefficient (Wildman–Crippen LogP) is 0.554. The van der Waals surface area contributed by atoms with Gasteiger partial charge in [0.05, 0.1) is 7.11 Å². The van der Waals surface area contributed by atoms with Crippen LogP contribution in [0.5, 0.6) is 0 Å². The van der Waals surface area contributed by atoms with Crippen LogP contribution in [0.15, 0.2) is 0 Å². The molecule has 0 amide bonds. The van der Waals surface area contributed by atoms with Crippen LogP contribution in [0.4, 0.5) is 0 Å². The Kier molecular flexibility index (Phi) is 5.04. The van der Waals surface area contributed by atoms with E-state index in [1.54, 1.807) is 0 Å². The molecule has 2 unspecified atom stereocenters. The number of esters is 1. The summed E-state index contributed by atoms with van der Waals surface area (Å²) >= 11 is 0. The molecular weight excluding hydrogens is 254 g/mol. The van der Waals surface area contributed by atoms with Gasteiger partial charge in [-0.2, -0.15) is 0 Å². The van der Waals surface area contributed by atoms with E-state index in [-0.39, 0.29) is 5.97 Å². The molecule has 2 aliphatic rings. The number of ether oxygens (including phenoxy) is 1. The molecule has 1 aliphatic carbocycles. The number of piperazine rings is 1. The summed E-state index contributed by atoms with van der Waals surface area (Å²) in [6.07, 6.45) is 2.25. The maximum Gasteiger partial charge on any atom is 0.327 e. The number of hydrogen-bond donors (Lipinski definition) is 1. The minimum atomic E-state index is -0.511. The Morgan fingerprint density at radius 3 is 2.55 bits per heavy atom. The maximum absolute atomic E-state index is 12.3. The first-order chi connectivity index (χ1) is 9.57. The third-order valence-electron chi connectivity index (χ3n) is 5.00. The SMILES string of the molecule is CCN1CCN(CC(NC)(C(=O)OC)C2CC2)CC1C. The van der Waals surface area contributed by atoms with Gasteiger partial charge in [0.15, 0.2) is 0 Å². The average molecular weight is 283 g/mol. The fourth-order valence-corrected chi connectivity index (χ4v) is 3.54. The number of nitrogens with one attached hydrogen (secondary N) is 1. The lowest BCUT2D eigenvalue weighted by atomic mass is 9.92. The van der Waals surface area contributed by atoms with Crippen LogP contribution in [0.2, 0.25) is 0 Å². The summed E-state index contributed by atoms with van der Waals surface area (Å²) in [5.41, 5.74) is -0.511. The molecule has 1 heterocycles. The molecular formula is C15H29N3O2. The zero-order valence-corrected chi connectivity index (χ0v) is 13.3. The Labute approximate surface area is 122 Å². The van der Waals surface area contributed by atoms with Crippen molar-refractivity contribution in [3.63, 3.8) is 0 Å². The Hall–Kier alpha value is -0.650. The summed E-state index contributed by atoms with van der Waals surface area (Å²) in [6, 6.07) is 0.556. The van der Waals surface area contributed by atoms with Gasteiger partial charge in [-0.25, -0.2) is 4.79 Å². The van der Waals surface area contributed by atoms with Crippen LogP contribution in [0.25, 0.3) is 0 Å². The largest absolute Gasteiger partial charge is 0.468 e. The molecule has 116 valence electrons. The molecule has 0 bridgehead atoms. The Morgan fingerprint density at radius 1 is 1.40 bits per heavy atom. The summed E-state index contributed by atoms with van der Waals surface area (Å²) in [5, 5.41) is 3.29. The highest BCUT2D eigenvalue weighted by atomic mass is 16.5. The van der Waals surface area contributed by atoms with Gasteiger partial charge in [0, 0.05) is 32.2 Å². The van der Waals surface area contributed by atoms with Gasteiger partial charge in [0.1, 0.15) is 5.54 Å². The first-order valence-electron chi connectivity index (χ1n) is 7.81. The minimum absolute atomic E-state index is 0.104. The van der Waals surface area contributed by atoms with Gasteiger partial charge in [-0.15, -0.1) is 0 Å².